The highest BCUT2D eigenvalue weighted by atomic mass is 15.1. The SMILES string of the molecule is Cc1cccc(N2CC(C)CC(C)C2)c1. The first-order valence-corrected chi connectivity index (χ1v) is 5.97. The lowest BCUT2D eigenvalue weighted by Gasteiger charge is -2.36. The van der Waals surface area contributed by atoms with Crippen LogP contribution in [0.1, 0.15) is 25.8 Å². The average molecular weight is 203 g/mol. The Morgan fingerprint density at radius 3 is 2.40 bits per heavy atom. The highest BCUT2D eigenvalue weighted by Crippen LogP contribution is 2.26. The Morgan fingerprint density at radius 1 is 1.13 bits per heavy atom. The van der Waals surface area contributed by atoms with Crippen LogP contribution in [-0.2, 0) is 0 Å². The lowest BCUT2D eigenvalue weighted by molar-refractivity contribution is 0.357. The van der Waals surface area contributed by atoms with Crippen LogP contribution in [0.25, 0.3) is 0 Å². The second-order valence-electron chi connectivity index (χ2n) is 5.19. The van der Waals surface area contributed by atoms with Gasteiger partial charge in [-0.15, -0.1) is 0 Å². The Kier molecular flexibility index (Phi) is 2.99. The average Bonchev–Trinajstić information content (AvgIpc) is 2.16. The molecule has 1 nitrogen and oxygen atoms in total. The Bertz CT molecular complexity index is 322. The summed E-state index contributed by atoms with van der Waals surface area (Å²) < 4.78 is 0. The third-order valence-corrected chi connectivity index (χ3v) is 3.24. The summed E-state index contributed by atoms with van der Waals surface area (Å²) in [4.78, 5) is 2.53. The molecule has 1 heteroatoms. The molecule has 1 aliphatic heterocycles. The van der Waals surface area contributed by atoms with Crippen LogP contribution in [0, 0.1) is 18.8 Å². The minimum Gasteiger partial charge on any atom is -0.371 e. The third kappa shape index (κ3) is 2.53. The Hall–Kier alpha value is -0.980. The molecule has 1 fully saturated rings. The number of benzene rings is 1. The predicted octanol–water partition coefficient (Wildman–Crippen LogP) is 3.48. The zero-order valence-electron chi connectivity index (χ0n) is 10.0. The van der Waals surface area contributed by atoms with Crippen LogP contribution >= 0.6 is 0 Å². The summed E-state index contributed by atoms with van der Waals surface area (Å²) in [7, 11) is 0. The van der Waals surface area contributed by atoms with E-state index in [1.54, 1.807) is 0 Å². The van der Waals surface area contributed by atoms with E-state index in [9.17, 15) is 0 Å². The van der Waals surface area contributed by atoms with Gasteiger partial charge in [-0.3, -0.25) is 0 Å². The van der Waals surface area contributed by atoms with E-state index < -0.39 is 0 Å². The van der Waals surface area contributed by atoms with E-state index in [0.29, 0.717) is 0 Å². The number of anilines is 1. The van der Waals surface area contributed by atoms with E-state index in [0.717, 1.165) is 11.8 Å². The van der Waals surface area contributed by atoms with Crippen molar-refractivity contribution in [3.8, 4) is 0 Å². The highest BCUT2D eigenvalue weighted by Gasteiger charge is 2.21. The molecule has 1 aromatic rings. The van der Waals surface area contributed by atoms with Crippen LogP contribution in [-0.4, -0.2) is 13.1 Å². The van der Waals surface area contributed by atoms with Crippen LogP contribution < -0.4 is 4.90 Å². The van der Waals surface area contributed by atoms with Crippen molar-refractivity contribution in [2.75, 3.05) is 18.0 Å². The van der Waals surface area contributed by atoms with Gasteiger partial charge in [0.25, 0.3) is 0 Å². The molecule has 0 bridgehead atoms. The lowest BCUT2D eigenvalue weighted by atomic mass is 9.91. The number of aryl methyl sites for hydroxylation is 1. The maximum Gasteiger partial charge on any atom is 0.0369 e. The van der Waals surface area contributed by atoms with Gasteiger partial charge in [-0.25, -0.2) is 0 Å². The zero-order valence-corrected chi connectivity index (χ0v) is 10.0. The monoisotopic (exact) mass is 203 g/mol. The quantitative estimate of drug-likeness (QED) is 0.675. The lowest BCUT2D eigenvalue weighted by Crippen LogP contribution is -2.38. The van der Waals surface area contributed by atoms with Crippen molar-refractivity contribution in [2.45, 2.75) is 27.2 Å². The van der Waals surface area contributed by atoms with Crippen LogP contribution in [0.3, 0.4) is 0 Å². The second kappa shape index (κ2) is 4.26. The Labute approximate surface area is 93.1 Å². The summed E-state index contributed by atoms with van der Waals surface area (Å²) in [5.74, 6) is 1.66. The molecule has 2 atom stereocenters. The molecule has 82 valence electrons. The van der Waals surface area contributed by atoms with Gasteiger partial charge in [-0.1, -0.05) is 26.0 Å². The maximum absolute atomic E-state index is 2.53. The summed E-state index contributed by atoms with van der Waals surface area (Å²) in [6.45, 7) is 9.32. The minimum atomic E-state index is 0.828. The van der Waals surface area contributed by atoms with Gasteiger partial charge in [0.1, 0.15) is 0 Å². The van der Waals surface area contributed by atoms with Crippen LogP contribution in [0.15, 0.2) is 24.3 Å². The van der Waals surface area contributed by atoms with Gasteiger partial charge in [-0.05, 0) is 42.9 Å². The van der Waals surface area contributed by atoms with E-state index in [-0.39, 0.29) is 0 Å². The van der Waals surface area contributed by atoms with Gasteiger partial charge in [-0.2, -0.15) is 0 Å². The summed E-state index contributed by atoms with van der Waals surface area (Å²) >= 11 is 0. The molecule has 0 aromatic heterocycles. The van der Waals surface area contributed by atoms with Crippen LogP contribution in [0.2, 0.25) is 0 Å². The summed E-state index contributed by atoms with van der Waals surface area (Å²) in [5.41, 5.74) is 2.76. The van der Waals surface area contributed by atoms with Crippen molar-refractivity contribution in [2.24, 2.45) is 11.8 Å². The fourth-order valence-corrected chi connectivity index (χ4v) is 2.70. The molecule has 1 saturated heterocycles. The molecule has 0 aliphatic carbocycles. The predicted molar refractivity (Wildman–Crippen MR) is 66.3 cm³/mol. The number of nitrogens with zero attached hydrogens (tertiary/aromatic N) is 1. The van der Waals surface area contributed by atoms with E-state index in [1.807, 2.05) is 0 Å². The molecule has 0 N–H and O–H groups in total. The molecule has 2 rings (SSSR count). The number of hydrogen-bond donors (Lipinski definition) is 0. The van der Waals surface area contributed by atoms with Crippen molar-refractivity contribution in [1.82, 2.24) is 0 Å². The Morgan fingerprint density at radius 2 is 1.80 bits per heavy atom. The first-order valence-electron chi connectivity index (χ1n) is 5.97. The van der Waals surface area contributed by atoms with Gasteiger partial charge in [0.2, 0.25) is 0 Å². The van der Waals surface area contributed by atoms with Crippen molar-refractivity contribution in [3.05, 3.63) is 29.8 Å². The summed E-state index contributed by atoms with van der Waals surface area (Å²) in [6, 6.07) is 8.86. The normalized spacial score (nSPS) is 26.7. The largest absolute Gasteiger partial charge is 0.371 e. The standard InChI is InChI=1S/C14H21N/c1-11-5-4-6-14(8-11)15-9-12(2)7-13(3)10-15/h4-6,8,12-13H,7,9-10H2,1-3H3. The highest BCUT2D eigenvalue weighted by molar-refractivity contribution is 5.48. The van der Waals surface area contributed by atoms with Crippen molar-refractivity contribution in [3.63, 3.8) is 0 Å². The fourth-order valence-electron chi connectivity index (χ4n) is 2.70. The van der Waals surface area contributed by atoms with E-state index in [2.05, 4.69) is 49.9 Å². The molecule has 0 saturated carbocycles. The molecular weight excluding hydrogens is 182 g/mol. The second-order valence-corrected chi connectivity index (χ2v) is 5.19. The first-order chi connectivity index (χ1) is 7.15. The molecule has 2 unspecified atom stereocenters. The summed E-state index contributed by atoms with van der Waals surface area (Å²) in [5, 5.41) is 0. The molecular formula is C14H21N. The van der Waals surface area contributed by atoms with Crippen molar-refractivity contribution < 1.29 is 0 Å². The molecule has 1 aliphatic rings. The molecule has 15 heavy (non-hydrogen) atoms. The van der Waals surface area contributed by atoms with E-state index in [1.165, 1.54) is 30.8 Å². The number of rotatable bonds is 1. The fraction of sp³-hybridized carbons (Fsp3) is 0.571. The van der Waals surface area contributed by atoms with Gasteiger partial charge in [0.15, 0.2) is 0 Å². The van der Waals surface area contributed by atoms with Gasteiger partial charge >= 0.3 is 0 Å². The van der Waals surface area contributed by atoms with Gasteiger partial charge in [0, 0.05) is 18.8 Å². The molecule has 0 spiro atoms. The minimum absolute atomic E-state index is 0.828. The Balaban J connectivity index is 2.16. The topological polar surface area (TPSA) is 3.24 Å². The molecule has 0 amide bonds. The molecule has 1 heterocycles. The van der Waals surface area contributed by atoms with Gasteiger partial charge in [0.05, 0.1) is 0 Å². The van der Waals surface area contributed by atoms with Crippen LogP contribution in [0.4, 0.5) is 5.69 Å². The van der Waals surface area contributed by atoms with Crippen molar-refractivity contribution >= 4 is 5.69 Å². The van der Waals surface area contributed by atoms with E-state index >= 15 is 0 Å². The number of hydrogen-bond acceptors (Lipinski definition) is 1. The summed E-state index contributed by atoms with van der Waals surface area (Å²) in [6.07, 6.45) is 1.38. The van der Waals surface area contributed by atoms with Crippen LogP contribution in [0.5, 0.6) is 0 Å². The van der Waals surface area contributed by atoms with Crippen molar-refractivity contribution in [1.29, 1.82) is 0 Å². The van der Waals surface area contributed by atoms with E-state index in [4.69, 9.17) is 0 Å². The third-order valence-electron chi connectivity index (χ3n) is 3.24. The molecule has 1 aromatic carbocycles. The number of piperidine rings is 1. The maximum atomic E-state index is 2.53. The smallest absolute Gasteiger partial charge is 0.0369 e. The zero-order chi connectivity index (χ0) is 10.8. The molecule has 0 radical (unpaired) electrons. The first kappa shape index (κ1) is 10.5. The van der Waals surface area contributed by atoms with Gasteiger partial charge < -0.3 is 4.90 Å².